The fourth-order valence-corrected chi connectivity index (χ4v) is 3.07. The molecule has 5 heteroatoms. The smallest absolute Gasteiger partial charge is 0.251 e. The number of rotatable bonds is 8. The van der Waals surface area contributed by atoms with Crippen LogP contribution in [0.15, 0.2) is 24.3 Å². The zero-order chi connectivity index (χ0) is 17.4. The minimum absolute atomic E-state index is 0.00911. The first-order chi connectivity index (χ1) is 11.6. The predicted octanol–water partition coefficient (Wildman–Crippen LogP) is 2.41. The Bertz CT molecular complexity index is 492. The Labute approximate surface area is 145 Å². The van der Waals surface area contributed by atoms with Gasteiger partial charge >= 0.3 is 0 Å². The van der Waals surface area contributed by atoms with Crippen molar-refractivity contribution in [1.82, 2.24) is 10.2 Å². The lowest BCUT2D eigenvalue weighted by atomic mass is 9.91. The van der Waals surface area contributed by atoms with Crippen LogP contribution < -0.4 is 15.8 Å². The first-order valence-corrected chi connectivity index (χ1v) is 9.14. The predicted molar refractivity (Wildman–Crippen MR) is 97.4 cm³/mol. The Balaban J connectivity index is 1.77. The molecule has 1 aromatic carbocycles. The van der Waals surface area contributed by atoms with Crippen molar-refractivity contribution in [2.75, 3.05) is 26.2 Å². The van der Waals surface area contributed by atoms with E-state index in [1.165, 1.54) is 0 Å². The number of nitrogens with one attached hydrogen (secondary N) is 1. The number of nitrogens with two attached hydrogens (primary N) is 1. The number of benzene rings is 1. The van der Waals surface area contributed by atoms with Crippen LogP contribution in [0.3, 0.4) is 0 Å². The van der Waals surface area contributed by atoms with Crippen LogP contribution in [-0.4, -0.2) is 49.1 Å². The quantitative estimate of drug-likeness (QED) is 0.766. The monoisotopic (exact) mass is 333 g/mol. The van der Waals surface area contributed by atoms with Crippen LogP contribution in [0, 0.1) is 0 Å². The van der Waals surface area contributed by atoms with Gasteiger partial charge in [0.2, 0.25) is 0 Å². The van der Waals surface area contributed by atoms with E-state index in [0.717, 1.165) is 51.1 Å². The van der Waals surface area contributed by atoms with Gasteiger partial charge in [0.1, 0.15) is 12.4 Å². The number of carbonyl (C=O) groups is 1. The Morgan fingerprint density at radius 1 is 1.17 bits per heavy atom. The third kappa shape index (κ3) is 5.80. The highest BCUT2D eigenvalue weighted by Crippen LogP contribution is 2.18. The second kappa shape index (κ2) is 9.64. The van der Waals surface area contributed by atoms with Gasteiger partial charge in [-0.1, -0.05) is 13.8 Å². The molecule has 0 atom stereocenters. The van der Waals surface area contributed by atoms with Gasteiger partial charge in [0.25, 0.3) is 5.91 Å². The summed E-state index contributed by atoms with van der Waals surface area (Å²) in [6.45, 7) is 7.94. The SMILES string of the molecule is CCN(CC)CCOc1ccc(C(=O)NC2CCC(N)CC2)cc1. The molecule has 0 aliphatic heterocycles. The van der Waals surface area contributed by atoms with Crippen molar-refractivity contribution in [2.45, 2.75) is 51.6 Å². The normalized spacial score (nSPS) is 20.8. The summed E-state index contributed by atoms with van der Waals surface area (Å²) in [5, 5.41) is 3.11. The molecule has 0 bridgehead atoms. The van der Waals surface area contributed by atoms with Gasteiger partial charge in [0.05, 0.1) is 0 Å². The molecule has 134 valence electrons. The summed E-state index contributed by atoms with van der Waals surface area (Å²) >= 11 is 0. The number of nitrogens with zero attached hydrogens (tertiary/aromatic N) is 1. The molecule has 5 nitrogen and oxygen atoms in total. The fourth-order valence-electron chi connectivity index (χ4n) is 3.07. The molecule has 1 fully saturated rings. The second-order valence-electron chi connectivity index (χ2n) is 6.48. The molecule has 0 saturated heterocycles. The minimum atomic E-state index is -0.00911. The maximum Gasteiger partial charge on any atom is 0.251 e. The summed E-state index contributed by atoms with van der Waals surface area (Å²) in [4.78, 5) is 14.6. The van der Waals surface area contributed by atoms with E-state index in [0.29, 0.717) is 18.2 Å². The molecule has 1 saturated carbocycles. The van der Waals surface area contributed by atoms with Gasteiger partial charge < -0.3 is 20.7 Å². The maximum atomic E-state index is 12.3. The topological polar surface area (TPSA) is 67.6 Å². The number of hydrogen-bond acceptors (Lipinski definition) is 4. The van der Waals surface area contributed by atoms with E-state index >= 15 is 0 Å². The standard InChI is InChI=1S/C19H31N3O2/c1-3-22(4-2)13-14-24-18-11-5-15(6-12-18)19(23)21-17-9-7-16(20)8-10-17/h5-6,11-12,16-17H,3-4,7-10,13-14,20H2,1-2H3,(H,21,23). The van der Waals surface area contributed by atoms with Crippen LogP contribution >= 0.6 is 0 Å². The summed E-state index contributed by atoms with van der Waals surface area (Å²) in [5.41, 5.74) is 6.58. The third-order valence-electron chi connectivity index (χ3n) is 4.79. The van der Waals surface area contributed by atoms with Gasteiger partial charge in [-0.25, -0.2) is 0 Å². The van der Waals surface area contributed by atoms with Crippen LogP contribution in [-0.2, 0) is 0 Å². The zero-order valence-corrected chi connectivity index (χ0v) is 15.0. The summed E-state index contributed by atoms with van der Waals surface area (Å²) in [6.07, 6.45) is 3.92. The molecule has 2 rings (SSSR count). The Morgan fingerprint density at radius 2 is 1.79 bits per heavy atom. The lowest BCUT2D eigenvalue weighted by Crippen LogP contribution is -2.40. The van der Waals surface area contributed by atoms with Crippen molar-refractivity contribution in [2.24, 2.45) is 5.73 Å². The fraction of sp³-hybridized carbons (Fsp3) is 0.632. The van der Waals surface area contributed by atoms with Crippen LogP contribution in [0.5, 0.6) is 5.75 Å². The lowest BCUT2D eigenvalue weighted by molar-refractivity contribution is 0.0926. The number of carbonyl (C=O) groups excluding carboxylic acids is 1. The van der Waals surface area contributed by atoms with E-state index in [2.05, 4.69) is 24.1 Å². The molecule has 1 amide bonds. The van der Waals surface area contributed by atoms with Crippen molar-refractivity contribution in [3.8, 4) is 5.75 Å². The number of hydrogen-bond donors (Lipinski definition) is 2. The Morgan fingerprint density at radius 3 is 2.38 bits per heavy atom. The Kier molecular flexibility index (Phi) is 7.53. The maximum absolute atomic E-state index is 12.3. The molecule has 1 aliphatic rings. The van der Waals surface area contributed by atoms with Crippen molar-refractivity contribution in [3.05, 3.63) is 29.8 Å². The van der Waals surface area contributed by atoms with Gasteiger partial charge in [0.15, 0.2) is 0 Å². The molecule has 1 aromatic rings. The number of likely N-dealkylation sites (N-methyl/N-ethyl adjacent to an activating group) is 1. The summed E-state index contributed by atoms with van der Waals surface area (Å²) in [7, 11) is 0. The second-order valence-corrected chi connectivity index (χ2v) is 6.48. The van der Waals surface area contributed by atoms with E-state index in [1.54, 1.807) is 0 Å². The number of amides is 1. The van der Waals surface area contributed by atoms with Crippen molar-refractivity contribution < 1.29 is 9.53 Å². The molecular formula is C19H31N3O2. The summed E-state index contributed by atoms with van der Waals surface area (Å²) in [6, 6.07) is 7.95. The van der Waals surface area contributed by atoms with Gasteiger partial charge in [-0.3, -0.25) is 4.79 Å². The highest BCUT2D eigenvalue weighted by atomic mass is 16.5. The molecule has 3 N–H and O–H groups in total. The van der Waals surface area contributed by atoms with Crippen molar-refractivity contribution >= 4 is 5.91 Å². The van der Waals surface area contributed by atoms with Crippen LogP contribution in [0.2, 0.25) is 0 Å². The van der Waals surface area contributed by atoms with E-state index < -0.39 is 0 Å². The first-order valence-electron chi connectivity index (χ1n) is 9.14. The van der Waals surface area contributed by atoms with Crippen molar-refractivity contribution in [1.29, 1.82) is 0 Å². The average molecular weight is 333 g/mol. The molecule has 1 aliphatic carbocycles. The van der Waals surface area contributed by atoms with Crippen LogP contribution in [0.1, 0.15) is 49.9 Å². The molecule has 0 aromatic heterocycles. The van der Waals surface area contributed by atoms with Crippen LogP contribution in [0.4, 0.5) is 0 Å². The molecule has 24 heavy (non-hydrogen) atoms. The molecule has 0 radical (unpaired) electrons. The largest absolute Gasteiger partial charge is 0.492 e. The van der Waals surface area contributed by atoms with Gasteiger partial charge in [-0.15, -0.1) is 0 Å². The molecular weight excluding hydrogens is 302 g/mol. The van der Waals surface area contributed by atoms with Gasteiger partial charge in [-0.05, 0) is 63.0 Å². The zero-order valence-electron chi connectivity index (χ0n) is 15.0. The van der Waals surface area contributed by atoms with Crippen LogP contribution in [0.25, 0.3) is 0 Å². The van der Waals surface area contributed by atoms with E-state index in [4.69, 9.17) is 10.5 Å². The van der Waals surface area contributed by atoms with E-state index in [9.17, 15) is 4.79 Å². The third-order valence-corrected chi connectivity index (χ3v) is 4.79. The summed E-state index contributed by atoms with van der Waals surface area (Å²) in [5.74, 6) is 0.799. The Hall–Kier alpha value is -1.59. The molecule has 0 unspecified atom stereocenters. The highest BCUT2D eigenvalue weighted by Gasteiger charge is 2.20. The van der Waals surface area contributed by atoms with E-state index in [1.807, 2.05) is 24.3 Å². The number of ether oxygens (including phenoxy) is 1. The molecule has 0 spiro atoms. The van der Waals surface area contributed by atoms with Crippen molar-refractivity contribution in [3.63, 3.8) is 0 Å². The summed E-state index contributed by atoms with van der Waals surface area (Å²) < 4.78 is 5.75. The molecule has 0 heterocycles. The highest BCUT2D eigenvalue weighted by molar-refractivity contribution is 5.94. The average Bonchev–Trinajstić information content (AvgIpc) is 2.61. The van der Waals surface area contributed by atoms with Gasteiger partial charge in [0, 0.05) is 24.2 Å². The van der Waals surface area contributed by atoms with Gasteiger partial charge in [-0.2, -0.15) is 0 Å². The minimum Gasteiger partial charge on any atom is -0.492 e. The first kappa shape index (κ1) is 18.7. The van der Waals surface area contributed by atoms with E-state index in [-0.39, 0.29) is 11.9 Å². The lowest BCUT2D eigenvalue weighted by Gasteiger charge is -2.26.